The van der Waals surface area contributed by atoms with Crippen LogP contribution in [0.3, 0.4) is 0 Å². The van der Waals surface area contributed by atoms with Crippen LogP contribution in [0.5, 0.6) is 0 Å². The monoisotopic (exact) mass is 261 g/mol. The number of thiocarbonyl (C=S) groups is 1. The maximum atomic E-state index is 11.6. The molecule has 0 radical (unpaired) electrons. The molecule has 0 spiro atoms. The van der Waals surface area contributed by atoms with Gasteiger partial charge in [0.25, 0.3) is 0 Å². The topological polar surface area (TPSA) is 60.0 Å². The highest BCUT2D eigenvalue weighted by atomic mass is 32.1. The molecule has 94 valence electrons. The second-order valence-corrected chi connectivity index (χ2v) is 4.47. The van der Waals surface area contributed by atoms with Gasteiger partial charge in [-0.2, -0.15) is 0 Å². The third-order valence-corrected chi connectivity index (χ3v) is 2.98. The van der Waals surface area contributed by atoms with Crippen LogP contribution in [-0.4, -0.2) is 22.0 Å². The van der Waals surface area contributed by atoms with Crippen LogP contribution in [0.25, 0.3) is 10.9 Å². The second kappa shape index (κ2) is 5.18. The second-order valence-electron chi connectivity index (χ2n) is 4.03. The number of carbonyl (C=O) groups is 1. The summed E-state index contributed by atoms with van der Waals surface area (Å²) in [5, 5.41) is 3.84. The highest BCUT2D eigenvalue weighted by Gasteiger charge is 2.07. The van der Waals surface area contributed by atoms with Gasteiger partial charge in [-0.1, -0.05) is 24.4 Å². The first kappa shape index (κ1) is 12.6. The van der Waals surface area contributed by atoms with Crippen LogP contribution in [0.15, 0.2) is 30.5 Å². The minimum Gasteiger partial charge on any atom is -0.389 e. The van der Waals surface area contributed by atoms with Crippen molar-refractivity contribution >= 4 is 34.0 Å². The summed E-state index contributed by atoms with van der Waals surface area (Å²) >= 11 is 4.96. The van der Waals surface area contributed by atoms with Gasteiger partial charge in [-0.25, -0.2) is 0 Å². The Morgan fingerprint density at radius 3 is 2.89 bits per heavy atom. The third kappa shape index (κ3) is 2.51. The quantitative estimate of drug-likeness (QED) is 0.818. The van der Waals surface area contributed by atoms with E-state index in [-0.39, 0.29) is 5.91 Å². The first-order chi connectivity index (χ1) is 8.61. The molecule has 0 saturated carbocycles. The van der Waals surface area contributed by atoms with Gasteiger partial charge in [0, 0.05) is 23.8 Å². The first-order valence-corrected chi connectivity index (χ1v) is 6.18. The van der Waals surface area contributed by atoms with Crippen molar-refractivity contribution in [3.63, 3.8) is 0 Å². The van der Waals surface area contributed by atoms with E-state index < -0.39 is 0 Å². The number of likely N-dealkylation sites (N-methyl/N-ethyl adjacent to an activating group) is 1. The van der Waals surface area contributed by atoms with Crippen molar-refractivity contribution in [1.29, 1.82) is 0 Å². The van der Waals surface area contributed by atoms with Crippen molar-refractivity contribution < 1.29 is 4.79 Å². The average molecular weight is 261 g/mol. The van der Waals surface area contributed by atoms with Crippen molar-refractivity contribution in [1.82, 2.24) is 9.88 Å². The van der Waals surface area contributed by atoms with Gasteiger partial charge in [-0.3, -0.25) is 4.79 Å². The maximum Gasteiger partial charge on any atom is 0.239 e. The summed E-state index contributed by atoms with van der Waals surface area (Å²) in [6, 6.07) is 7.73. The molecule has 0 atom stereocenters. The van der Waals surface area contributed by atoms with E-state index in [0.29, 0.717) is 18.1 Å². The Kier molecular flexibility index (Phi) is 3.62. The zero-order valence-electron chi connectivity index (χ0n) is 10.1. The largest absolute Gasteiger partial charge is 0.389 e. The molecule has 1 amide bonds. The summed E-state index contributed by atoms with van der Waals surface area (Å²) in [7, 11) is 0. The Balaban J connectivity index is 2.36. The Morgan fingerprint density at radius 1 is 1.44 bits per heavy atom. The summed E-state index contributed by atoms with van der Waals surface area (Å²) in [5.74, 6) is -0.00396. The Bertz CT molecular complexity index is 603. The average Bonchev–Trinajstić information content (AvgIpc) is 2.72. The van der Waals surface area contributed by atoms with E-state index in [2.05, 4.69) is 5.32 Å². The highest BCUT2D eigenvalue weighted by molar-refractivity contribution is 7.80. The van der Waals surface area contributed by atoms with Crippen LogP contribution < -0.4 is 11.1 Å². The summed E-state index contributed by atoms with van der Waals surface area (Å²) in [6.07, 6.45) is 1.89. The van der Waals surface area contributed by atoms with Crippen LogP contribution in [0.2, 0.25) is 0 Å². The van der Waals surface area contributed by atoms with E-state index in [9.17, 15) is 4.79 Å². The number of hydrogen-bond donors (Lipinski definition) is 2. The minimum atomic E-state index is -0.00396. The zero-order chi connectivity index (χ0) is 13.1. The van der Waals surface area contributed by atoms with E-state index in [1.165, 1.54) is 0 Å². The molecular formula is C13H15N3OS. The zero-order valence-corrected chi connectivity index (χ0v) is 11.0. The van der Waals surface area contributed by atoms with Crippen molar-refractivity contribution in [2.24, 2.45) is 5.73 Å². The molecular weight excluding hydrogens is 246 g/mol. The fraction of sp³-hybridized carbons (Fsp3) is 0.231. The molecule has 4 nitrogen and oxygen atoms in total. The van der Waals surface area contributed by atoms with Crippen LogP contribution in [0, 0.1) is 0 Å². The van der Waals surface area contributed by atoms with Gasteiger partial charge in [0.05, 0.1) is 0 Å². The number of nitrogens with one attached hydrogen (secondary N) is 1. The molecule has 18 heavy (non-hydrogen) atoms. The van der Waals surface area contributed by atoms with Crippen LogP contribution in [0.1, 0.15) is 12.5 Å². The molecule has 0 aliphatic carbocycles. The standard InChI is InChI=1S/C13H15N3OS/c1-2-15-12(17)8-16-6-5-9-3-4-10(13(14)18)7-11(9)16/h3-7H,2,8H2,1H3,(H2,14,18)(H,15,17). The molecule has 0 fully saturated rings. The molecule has 2 aromatic rings. The lowest BCUT2D eigenvalue weighted by Crippen LogP contribution is -2.26. The van der Waals surface area contributed by atoms with Gasteiger partial charge in [0.15, 0.2) is 0 Å². The highest BCUT2D eigenvalue weighted by Crippen LogP contribution is 2.17. The molecule has 1 aromatic heterocycles. The molecule has 0 aliphatic rings. The normalized spacial score (nSPS) is 10.5. The molecule has 0 aliphatic heterocycles. The smallest absolute Gasteiger partial charge is 0.239 e. The molecule has 1 heterocycles. The first-order valence-electron chi connectivity index (χ1n) is 5.77. The molecule has 0 unspecified atom stereocenters. The van der Waals surface area contributed by atoms with Crippen molar-refractivity contribution in [2.75, 3.05) is 6.54 Å². The lowest BCUT2D eigenvalue weighted by Gasteiger charge is -2.06. The summed E-state index contributed by atoms with van der Waals surface area (Å²) in [5.41, 5.74) is 7.39. The van der Waals surface area contributed by atoms with Gasteiger partial charge in [-0.05, 0) is 24.4 Å². The fourth-order valence-electron chi connectivity index (χ4n) is 1.88. The number of amides is 1. The van der Waals surface area contributed by atoms with Gasteiger partial charge in [0.1, 0.15) is 11.5 Å². The van der Waals surface area contributed by atoms with Crippen molar-refractivity contribution in [3.8, 4) is 0 Å². The Morgan fingerprint density at radius 2 is 2.22 bits per heavy atom. The Labute approximate surface area is 111 Å². The minimum absolute atomic E-state index is 0.00396. The summed E-state index contributed by atoms with van der Waals surface area (Å²) in [4.78, 5) is 12.0. The molecule has 2 rings (SSSR count). The Hall–Kier alpha value is -1.88. The van der Waals surface area contributed by atoms with Crippen molar-refractivity contribution in [2.45, 2.75) is 13.5 Å². The van der Waals surface area contributed by atoms with Gasteiger partial charge < -0.3 is 15.6 Å². The predicted molar refractivity (Wildman–Crippen MR) is 76.5 cm³/mol. The molecule has 1 aromatic carbocycles. The fourth-order valence-corrected chi connectivity index (χ4v) is 2.01. The van der Waals surface area contributed by atoms with E-state index >= 15 is 0 Å². The van der Waals surface area contributed by atoms with Gasteiger partial charge >= 0.3 is 0 Å². The molecule has 3 N–H and O–H groups in total. The predicted octanol–water partition coefficient (Wildman–Crippen LogP) is 1.41. The lowest BCUT2D eigenvalue weighted by molar-refractivity contribution is -0.121. The maximum absolute atomic E-state index is 11.6. The number of rotatable bonds is 4. The molecule has 0 saturated heterocycles. The van der Waals surface area contributed by atoms with Crippen LogP contribution in [-0.2, 0) is 11.3 Å². The third-order valence-electron chi connectivity index (χ3n) is 2.75. The van der Waals surface area contributed by atoms with Gasteiger partial charge in [0.2, 0.25) is 5.91 Å². The number of benzene rings is 1. The van der Waals surface area contributed by atoms with E-state index in [0.717, 1.165) is 16.5 Å². The lowest BCUT2D eigenvalue weighted by atomic mass is 10.1. The van der Waals surface area contributed by atoms with Gasteiger partial charge in [-0.15, -0.1) is 0 Å². The number of hydrogen-bond acceptors (Lipinski definition) is 2. The number of nitrogens with two attached hydrogens (primary N) is 1. The van der Waals surface area contributed by atoms with E-state index in [1.54, 1.807) is 0 Å². The van der Waals surface area contributed by atoms with E-state index in [1.807, 2.05) is 42.0 Å². The SMILES string of the molecule is CCNC(=O)Cn1ccc2ccc(C(N)=S)cc21. The van der Waals surface area contributed by atoms with Crippen molar-refractivity contribution in [3.05, 3.63) is 36.0 Å². The summed E-state index contributed by atoms with van der Waals surface area (Å²) in [6.45, 7) is 2.84. The number of fused-ring (bicyclic) bond motifs is 1. The molecule has 0 bridgehead atoms. The molecule has 5 heteroatoms. The number of nitrogens with zero attached hydrogens (tertiary/aromatic N) is 1. The number of carbonyl (C=O) groups excluding carboxylic acids is 1. The van der Waals surface area contributed by atoms with E-state index in [4.69, 9.17) is 18.0 Å². The van der Waals surface area contributed by atoms with Crippen LogP contribution in [0.4, 0.5) is 0 Å². The number of aromatic nitrogens is 1. The summed E-state index contributed by atoms with van der Waals surface area (Å²) < 4.78 is 1.89. The van der Waals surface area contributed by atoms with Crippen LogP contribution >= 0.6 is 12.2 Å².